The van der Waals surface area contributed by atoms with Gasteiger partial charge in [-0.25, -0.2) is 0 Å². The van der Waals surface area contributed by atoms with Gasteiger partial charge in [0.1, 0.15) is 0 Å². The summed E-state index contributed by atoms with van der Waals surface area (Å²) in [7, 11) is 0. The molecule has 0 N–H and O–H groups in total. The number of nitrogens with zero attached hydrogens (tertiary/aromatic N) is 2. The Kier molecular flexibility index (Phi) is 1.28. The number of hydrogen-bond donors (Lipinski definition) is 0. The monoisotopic (exact) mass is 147 g/mol. The van der Waals surface area contributed by atoms with E-state index in [4.69, 9.17) is 0 Å². The van der Waals surface area contributed by atoms with Crippen molar-refractivity contribution in [3.63, 3.8) is 0 Å². The number of fused-ring (bicyclic) bond motifs is 1. The van der Waals surface area contributed by atoms with E-state index in [2.05, 4.69) is 4.98 Å². The molecule has 0 saturated carbocycles. The number of nitroso groups, excluding NO2 is 1. The van der Waals surface area contributed by atoms with Crippen LogP contribution in [0, 0.1) is 4.91 Å². The second-order valence-electron chi connectivity index (χ2n) is 2.40. The summed E-state index contributed by atoms with van der Waals surface area (Å²) in [5.74, 6) is 0. The number of pyridine rings is 1. The molecule has 1 aromatic rings. The quantitative estimate of drug-likeness (QED) is 0.521. The number of aromatic nitrogens is 1. The van der Waals surface area contributed by atoms with E-state index in [1.165, 1.54) is 0 Å². The fourth-order valence-electron chi connectivity index (χ4n) is 1.13. The van der Waals surface area contributed by atoms with Crippen molar-refractivity contribution in [1.82, 2.24) is 4.98 Å². The molecule has 0 bridgehead atoms. The molecule has 0 saturated heterocycles. The highest BCUT2D eigenvalue weighted by molar-refractivity contribution is 5.60. The van der Waals surface area contributed by atoms with Crippen molar-refractivity contribution >= 4 is 11.8 Å². The molecule has 0 aromatic carbocycles. The first-order valence-corrected chi connectivity index (χ1v) is 3.43. The summed E-state index contributed by atoms with van der Waals surface area (Å²) < 4.78 is 0.955. The van der Waals surface area contributed by atoms with Crippen LogP contribution in [0.1, 0.15) is 5.56 Å². The Bertz CT molecular complexity index is 331. The highest BCUT2D eigenvalue weighted by Crippen LogP contribution is 2.21. The van der Waals surface area contributed by atoms with Crippen LogP contribution in [0.5, 0.6) is 0 Å². The van der Waals surface area contributed by atoms with Gasteiger partial charge in [-0.3, -0.25) is 4.98 Å². The predicted octanol–water partition coefficient (Wildman–Crippen LogP) is 1.52. The molecule has 54 valence electrons. The van der Waals surface area contributed by atoms with Gasteiger partial charge in [0.05, 0.1) is 5.56 Å². The van der Waals surface area contributed by atoms with E-state index in [1.807, 2.05) is 12.2 Å². The van der Waals surface area contributed by atoms with Crippen molar-refractivity contribution in [2.24, 2.45) is 0 Å². The summed E-state index contributed by atoms with van der Waals surface area (Å²) in [4.78, 5) is 15.0. The Morgan fingerprint density at radius 3 is 3.27 bits per heavy atom. The van der Waals surface area contributed by atoms with Crippen LogP contribution in [0.25, 0.3) is 6.08 Å². The molecule has 0 spiro atoms. The lowest BCUT2D eigenvalue weighted by Crippen LogP contribution is -2.05. The zero-order chi connectivity index (χ0) is 7.68. The summed E-state index contributed by atoms with van der Waals surface area (Å²) in [6, 6.07) is 1.73. The Hall–Kier alpha value is -1.51. The number of rotatable bonds is 0. The third-order valence-electron chi connectivity index (χ3n) is 1.67. The van der Waals surface area contributed by atoms with Gasteiger partial charge in [-0.1, -0.05) is 0 Å². The van der Waals surface area contributed by atoms with Crippen LogP contribution in [0.3, 0.4) is 0 Å². The van der Waals surface area contributed by atoms with E-state index in [1.54, 1.807) is 18.5 Å². The molecule has 0 atom stereocenters. The fraction of sp³-hybridized carbons (Fsp3) is 0.125. The van der Waals surface area contributed by atoms with Gasteiger partial charge in [0.15, 0.2) is 0 Å². The summed E-state index contributed by atoms with van der Waals surface area (Å²) in [5.41, 5.74) is 1.61. The first-order valence-electron chi connectivity index (χ1n) is 3.43. The molecule has 1 aliphatic heterocycles. The van der Waals surface area contributed by atoms with Gasteiger partial charge in [-0.15, -0.1) is 0 Å². The van der Waals surface area contributed by atoms with Crippen LogP contribution in [0.2, 0.25) is 0 Å². The highest BCUT2D eigenvalue weighted by Gasteiger charge is 2.18. The summed E-state index contributed by atoms with van der Waals surface area (Å²) in [6.07, 6.45) is 7.06. The lowest BCUT2D eigenvalue weighted by Gasteiger charge is -1.99. The van der Waals surface area contributed by atoms with Crippen molar-refractivity contribution in [1.29, 1.82) is 0 Å². The molecule has 2 heterocycles. The standard InChI is InChI=1S/C8H7N2O/c11-10-5-1-2-7-6-9-4-3-8(7)10/h1-4,6H,5H2/q+1. The molecule has 1 aliphatic rings. The van der Waals surface area contributed by atoms with Crippen molar-refractivity contribution in [3.8, 4) is 0 Å². The zero-order valence-corrected chi connectivity index (χ0v) is 5.90. The molecule has 0 unspecified atom stereocenters. The molecule has 3 nitrogen and oxygen atoms in total. The Morgan fingerprint density at radius 1 is 1.55 bits per heavy atom. The molecule has 3 heteroatoms. The van der Waals surface area contributed by atoms with Gasteiger partial charge in [0, 0.05) is 28.1 Å². The molecular weight excluding hydrogens is 140 g/mol. The van der Waals surface area contributed by atoms with Crippen LogP contribution in [0.4, 0.5) is 5.69 Å². The van der Waals surface area contributed by atoms with Gasteiger partial charge < -0.3 is 0 Å². The summed E-state index contributed by atoms with van der Waals surface area (Å²) >= 11 is 0. The molecule has 0 fully saturated rings. The number of hydrogen-bond acceptors (Lipinski definition) is 2. The van der Waals surface area contributed by atoms with Crippen molar-refractivity contribution in [3.05, 3.63) is 35.0 Å². The fourth-order valence-corrected chi connectivity index (χ4v) is 1.13. The smallest absolute Gasteiger partial charge is 0.264 e. The van der Waals surface area contributed by atoms with E-state index in [9.17, 15) is 4.91 Å². The molecule has 11 heavy (non-hydrogen) atoms. The van der Waals surface area contributed by atoms with Gasteiger partial charge in [0.25, 0.3) is 5.69 Å². The van der Waals surface area contributed by atoms with Crippen LogP contribution in [0.15, 0.2) is 24.5 Å². The van der Waals surface area contributed by atoms with Crippen molar-refractivity contribution in [2.45, 2.75) is 0 Å². The third-order valence-corrected chi connectivity index (χ3v) is 1.67. The van der Waals surface area contributed by atoms with Crippen molar-refractivity contribution in [2.75, 3.05) is 6.54 Å². The van der Waals surface area contributed by atoms with Gasteiger partial charge in [-0.2, -0.15) is 0 Å². The maximum atomic E-state index is 11.1. The maximum Gasteiger partial charge on any atom is 0.266 e. The Labute approximate surface area is 64.0 Å². The SMILES string of the molecule is O=[N+]1CC=Cc2cnccc21. The van der Waals surface area contributed by atoms with Crippen molar-refractivity contribution < 1.29 is 4.76 Å². The first kappa shape index (κ1) is 6.22. The summed E-state index contributed by atoms with van der Waals surface area (Å²) in [5, 5.41) is 0. The van der Waals surface area contributed by atoms with Crippen LogP contribution >= 0.6 is 0 Å². The second-order valence-corrected chi connectivity index (χ2v) is 2.40. The van der Waals surface area contributed by atoms with Gasteiger partial charge >= 0.3 is 0 Å². The zero-order valence-electron chi connectivity index (χ0n) is 5.90. The van der Waals surface area contributed by atoms with Crippen LogP contribution in [-0.4, -0.2) is 16.3 Å². The van der Waals surface area contributed by atoms with E-state index in [0.717, 1.165) is 10.3 Å². The first-order chi connectivity index (χ1) is 5.38. The molecule has 0 amide bonds. The van der Waals surface area contributed by atoms with E-state index in [-0.39, 0.29) is 0 Å². The Balaban J connectivity index is 2.63. The molecular formula is C8H7N2O+. The Morgan fingerprint density at radius 2 is 2.45 bits per heavy atom. The topological polar surface area (TPSA) is 33.0 Å². The maximum absolute atomic E-state index is 11.1. The largest absolute Gasteiger partial charge is 0.266 e. The van der Waals surface area contributed by atoms with Crippen LogP contribution < -0.4 is 0 Å². The summed E-state index contributed by atoms with van der Waals surface area (Å²) in [6.45, 7) is 0.441. The van der Waals surface area contributed by atoms with Gasteiger partial charge in [0.2, 0.25) is 6.54 Å². The highest BCUT2D eigenvalue weighted by atomic mass is 16.3. The third kappa shape index (κ3) is 0.941. The molecule has 2 rings (SSSR count). The van der Waals surface area contributed by atoms with E-state index >= 15 is 0 Å². The lowest BCUT2D eigenvalue weighted by molar-refractivity contribution is -0.452. The molecule has 1 aromatic heterocycles. The van der Waals surface area contributed by atoms with E-state index < -0.39 is 0 Å². The minimum Gasteiger partial charge on any atom is -0.264 e. The van der Waals surface area contributed by atoms with Crippen LogP contribution in [-0.2, 0) is 0 Å². The lowest BCUT2D eigenvalue weighted by atomic mass is 10.2. The average molecular weight is 147 g/mol. The minimum absolute atomic E-state index is 0.441. The minimum atomic E-state index is 0.441. The average Bonchev–Trinajstić information content (AvgIpc) is 2.06. The van der Waals surface area contributed by atoms with Gasteiger partial charge in [-0.05, 0) is 12.2 Å². The normalized spacial score (nSPS) is 14.7. The van der Waals surface area contributed by atoms with E-state index in [0.29, 0.717) is 12.2 Å². The second kappa shape index (κ2) is 2.27. The molecule has 0 aliphatic carbocycles. The molecule has 0 radical (unpaired) electrons. The predicted molar refractivity (Wildman–Crippen MR) is 41.4 cm³/mol.